The van der Waals surface area contributed by atoms with Crippen LogP contribution in [0, 0.1) is 5.82 Å². The van der Waals surface area contributed by atoms with Gasteiger partial charge in [-0.25, -0.2) is 9.37 Å². The second kappa shape index (κ2) is 6.14. The van der Waals surface area contributed by atoms with Gasteiger partial charge in [-0.2, -0.15) is 0 Å². The van der Waals surface area contributed by atoms with Gasteiger partial charge in [0.05, 0.1) is 22.3 Å². The molecule has 0 saturated carbocycles. The van der Waals surface area contributed by atoms with E-state index in [9.17, 15) is 9.18 Å². The van der Waals surface area contributed by atoms with Crippen molar-refractivity contribution in [2.75, 3.05) is 7.05 Å². The molecule has 0 bridgehead atoms. The van der Waals surface area contributed by atoms with Gasteiger partial charge in [0.1, 0.15) is 10.8 Å². The van der Waals surface area contributed by atoms with Crippen LogP contribution in [-0.2, 0) is 6.54 Å². The number of thiazole rings is 1. The summed E-state index contributed by atoms with van der Waals surface area (Å²) in [5, 5.41) is 0.871. The number of hydrogen-bond donors (Lipinski definition) is 0. The minimum Gasteiger partial charge on any atom is -0.335 e. The van der Waals surface area contributed by atoms with Crippen LogP contribution < -0.4 is 0 Å². The third-order valence-electron chi connectivity index (χ3n) is 3.22. The summed E-state index contributed by atoms with van der Waals surface area (Å²) in [5.41, 5.74) is 1.37. The number of hydrogen-bond acceptors (Lipinski definition) is 3. The number of amides is 1. The van der Waals surface area contributed by atoms with Crippen LogP contribution in [0.1, 0.15) is 15.4 Å². The molecule has 3 aromatic rings. The molecule has 3 nitrogen and oxygen atoms in total. The lowest BCUT2D eigenvalue weighted by atomic mass is 10.2. The van der Waals surface area contributed by atoms with E-state index in [1.165, 1.54) is 18.2 Å². The van der Waals surface area contributed by atoms with Crippen molar-refractivity contribution >= 4 is 43.4 Å². The maximum Gasteiger partial charge on any atom is 0.255 e. The molecule has 0 aliphatic rings. The second-order valence-corrected chi connectivity index (χ2v) is 6.83. The highest BCUT2D eigenvalue weighted by atomic mass is 79.9. The molecule has 0 spiro atoms. The highest BCUT2D eigenvalue weighted by molar-refractivity contribution is 9.10. The summed E-state index contributed by atoms with van der Waals surface area (Å²) in [6.07, 6.45) is 0. The van der Waals surface area contributed by atoms with Crippen LogP contribution in [0.2, 0.25) is 0 Å². The van der Waals surface area contributed by atoms with E-state index in [0.717, 1.165) is 15.2 Å². The Balaban J connectivity index is 1.81. The Morgan fingerprint density at radius 3 is 2.82 bits per heavy atom. The fraction of sp³-hybridized carbons (Fsp3) is 0.125. The molecule has 1 heterocycles. The Morgan fingerprint density at radius 1 is 1.32 bits per heavy atom. The van der Waals surface area contributed by atoms with Crippen LogP contribution in [0.4, 0.5) is 4.39 Å². The van der Waals surface area contributed by atoms with Gasteiger partial charge in [0.25, 0.3) is 5.91 Å². The van der Waals surface area contributed by atoms with Crippen molar-refractivity contribution in [1.82, 2.24) is 9.88 Å². The van der Waals surface area contributed by atoms with Gasteiger partial charge in [0.2, 0.25) is 0 Å². The molecule has 0 atom stereocenters. The van der Waals surface area contributed by atoms with Gasteiger partial charge >= 0.3 is 0 Å². The number of nitrogens with zero attached hydrogens (tertiary/aromatic N) is 2. The van der Waals surface area contributed by atoms with Crippen molar-refractivity contribution in [2.45, 2.75) is 6.54 Å². The average Bonchev–Trinajstić information content (AvgIpc) is 2.88. The van der Waals surface area contributed by atoms with Crippen molar-refractivity contribution in [2.24, 2.45) is 0 Å². The van der Waals surface area contributed by atoms with Crippen molar-refractivity contribution in [3.05, 3.63) is 63.3 Å². The molecule has 0 aliphatic heterocycles. The third-order valence-corrected chi connectivity index (χ3v) is 4.90. The second-order valence-electron chi connectivity index (χ2n) is 4.86. The highest BCUT2D eigenvalue weighted by Gasteiger charge is 2.17. The number of fused-ring (bicyclic) bond motifs is 1. The summed E-state index contributed by atoms with van der Waals surface area (Å²) in [6.45, 7) is 0.419. The summed E-state index contributed by atoms with van der Waals surface area (Å²) in [4.78, 5) is 18.5. The standard InChI is InChI=1S/C16H12BrFN2OS/c1-20(16(21)11-7-6-10(18)8-12(11)17)9-15-19-13-4-2-3-5-14(13)22-15/h2-8H,9H2,1H3. The third kappa shape index (κ3) is 3.03. The summed E-state index contributed by atoms with van der Waals surface area (Å²) in [5.74, 6) is -0.552. The topological polar surface area (TPSA) is 33.2 Å². The molecule has 0 aliphatic carbocycles. The summed E-state index contributed by atoms with van der Waals surface area (Å²) in [6, 6.07) is 11.9. The lowest BCUT2D eigenvalue weighted by Gasteiger charge is -2.16. The minimum atomic E-state index is -0.378. The van der Waals surface area contributed by atoms with E-state index in [0.29, 0.717) is 16.6 Å². The van der Waals surface area contributed by atoms with E-state index in [1.54, 1.807) is 23.3 Å². The fourth-order valence-electron chi connectivity index (χ4n) is 2.13. The first-order chi connectivity index (χ1) is 10.5. The zero-order chi connectivity index (χ0) is 15.7. The Hall–Kier alpha value is -1.79. The monoisotopic (exact) mass is 378 g/mol. The van der Waals surface area contributed by atoms with Gasteiger partial charge in [-0.15, -0.1) is 11.3 Å². The quantitative estimate of drug-likeness (QED) is 0.673. The Labute approximate surface area is 139 Å². The minimum absolute atomic E-state index is 0.175. The molecule has 22 heavy (non-hydrogen) atoms. The molecule has 0 saturated heterocycles. The van der Waals surface area contributed by atoms with E-state index >= 15 is 0 Å². The van der Waals surface area contributed by atoms with E-state index < -0.39 is 0 Å². The lowest BCUT2D eigenvalue weighted by molar-refractivity contribution is 0.0784. The molecule has 0 fully saturated rings. The fourth-order valence-corrected chi connectivity index (χ4v) is 3.67. The predicted octanol–water partition coefficient (Wildman–Crippen LogP) is 4.47. The first-order valence-electron chi connectivity index (χ1n) is 6.59. The molecule has 3 rings (SSSR count). The number of para-hydroxylation sites is 1. The van der Waals surface area contributed by atoms with Crippen molar-refractivity contribution in [1.29, 1.82) is 0 Å². The SMILES string of the molecule is CN(Cc1nc2ccccc2s1)C(=O)c1ccc(F)cc1Br. The van der Waals surface area contributed by atoms with E-state index in [1.807, 2.05) is 24.3 Å². The van der Waals surface area contributed by atoms with Gasteiger partial charge < -0.3 is 4.90 Å². The van der Waals surface area contributed by atoms with Crippen LogP contribution >= 0.6 is 27.3 Å². The smallest absolute Gasteiger partial charge is 0.255 e. The Morgan fingerprint density at radius 2 is 2.09 bits per heavy atom. The highest BCUT2D eigenvalue weighted by Crippen LogP contribution is 2.24. The zero-order valence-electron chi connectivity index (χ0n) is 11.7. The molecule has 112 valence electrons. The van der Waals surface area contributed by atoms with Crippen LogP contribution in [0.25, 0.3) is 10.2 Å². The van der Waals surface area contributed by atoms with E-state index in [2.05, 4.69) is 20.9 Å². The molecule has 1 aromatic heterocycles. The summed E-state index contributed by atoms with van der Waals surface area (Å²) < 4.78 is 14.7. The number of halogens is 2. The molecule has 0 unspecified atom stereocenters. The number of benzene rings is 2. The molecule has 0 N–H and O–H groups in total. The number of carbonyl (C=O) groups excluding carboxylic acids is 1. The van der Waals surface area contributed by atoms with E-state index in [4.69, 9.17) is 0 Å². The molecular weight excluding hydrogens is 367 g/mol. The van der Waals surface area contributed by atoms with E-state index in [-0.39, 0.29) is 11.7 Å². The number of aromatic nitrogens is 1. The zero-order valence-corrected chi connectivity index (χ0v) is 14.1. The first kappa shape index (κ1) is 15.1. The number of carbonyl (C=O) groups is 1. The van der Waals surface area contributed by atoms with Crippen molar-refractivity contribution in [3.63, 3.8) is 0 Å². The maximum atomic E-state index is 13.1. The molecule has 0 radical (unpaired) electrons. The first-order valence-corrected chi connectivity index (χ1v) is 8.20. The molecule has 2 aromatic carbocycles. The Bertz CT molecular complexity index is 816. The summed E-state index contributed by atoms with van der Waals surface area (Å²) >= 11 is 4.80. The molecule has 6 heteroatoms. The Kier molecular flexibility index (Phi) is 4.22. The van der Waals surface area contributed by atoms with Crippen LogP contribution in [0.5, 0.6) is 0 Å². The molecular formula is C16H12BrFN2OS. The predicted molar refractivity (Wildman–Crippen MR) is 89.5 cm³/mol. The van der Waals surface area contributed by atoms with Crippen molar-refractivity contribution < 1.29 is 9.18 Å². The van der Waals surface area contributed by atoms with Crippen LogP contribution in [0.3, 0.4) is 0 Å². The van der Waals surface area contributed by atoms with Gasteiger partial charge in [-0.3, -0.25) is 4.79 Å². The van der Waals surface area contributed by atoms with Gasteiger partial charge in [0, 0.05) is 11.5 Å². The summed E-state index contributed by atoms with van der Waals surface area (Å²) in [7, 11) is 1.71. The van der Waals surface area contributed by atoms with Gasteiger partial charge in [-0.1, -0.05) is 12.1 Å². The largest absolute Gasteiger partial charge is 0.335 e. The maximum absolute atomic E-state index is 13.1. The lowest BCUT2D eigenvalue weighted by Crippen LogP contribution is -2.26. The van der Waals surface area contributed by atoms with Crippen molar-refractivity contribution in [3.8, 4) is 0 Å². The van der Waals surface area contributed by atoms with Gasteiger partial charge in [-0.05, 0) is 46.3 Å². The van der Waals surface area contributed by atoms with Crippen LogP contribution in [0.15, 0.2) is 46.9 Å². The number of rotatable bonds is 3. The van der Waals surface area contributed by atoms with Crippen LogP contribution in [-0.4, -0.2) is 22.8 Å². The average molecular weight is 379 g/mol. The molecule has 1 amide bonds. The normalized spacial score (nSPS) is 10.9. The van der Waals surface area contributed by atoms with Gasteiger partial charge in [0.15, 0.2) is 0 Å².